The van der Waals surface area contributed by atoms with Crippen molar-refractivity contribution in [3.8, 4) is 11.3 Å². The van der Waals surface area contributed by atoms with Crippen molar-refractivity contribution in [1.29, 1.82) is 0 Å². The van der Waals surface area contributed by atoms with Gasteiger partial charge in [-0.2, -0.15) is 0 Å². The molecular weight excluding hydrogens is 266 g/mol. The van der Waals surface area contributed by atoms with Crippen LogP contribution in [0.4, 0.5) is 0 Å². The van der Waals surface area contributed by atoms with Crippen molar-refractivity contribution in [1.82, 2.24) is 15.0 Å². The molecule has 2 aromatic heterocycles. The van der Waals surface area contributed by atoms with Crippen LogP contribution < -0.4 is 0 Å². The fourth-order valence-electron chi connectivity index (χ4n) is 1.69. The molecule has 0 saturated heterocycles. The van der Waals surface area contributed by atoms with E-state index in [0.29, 0.717) is 0 Å². The second-order valence-corrected chi connectivity index (χ2v) is 4.28. The molecule has 0 spiro atoms. The van der Waals surface area contributed by atoms with E-state index in [1.807, 2.05) is 18.5 Å². The van der Waals surface area contributed by atoms with Gasteiger partial charge in [-0.25, -0.2) is 4.98 Å². The summed E-state index contributed by atoms with van der Waals surface area (Å²) >= 11 is 3.30. The lowest BCUT2D eigenvalue weighted by Crippen LogP contribution is -1.79. The normalized spacial score (nSPS) is 10.8. The Morgan fingerprint density at radius 3 is 2.81 bits per heavy atom. The number of nitrogens with one attached hydrogen (secondary N) is 1. The van der Waals surface area contributed by atoms with Crippen molar-refractivity contribution in [3.05, 3.63) is 47.6 Å². The minimum Gasteiger partial charge on any atom is -0.333 e. The number of benzene rings is 1. The molecule has 78 valence electrons. The number of nitrogens with zero attached hydrogens (tertiary/aromatic N) is 2. The van der Waals surface area contributed by atoms with Gasteiger partial charge in [0.2, 0.25) is 0 Å². The predicted octanol–water partition coefficient (Wildman–Crippen LogP) is 3.39. The smallest absolute Gasteiger partial charge is 0.174 e. The number of H-pyrrole nitrogens is 1. The van der Waals surface area contributed by atoms with Gasteiger partial charge < -0.3 is 4.98 Å². The van der Waals surface area contributed by atoms with E-state index >= 15 is 0 Å². The van der Waals surface area contributed by atoms with Gasteiger partial charge in [0.1, 0.15) is 0 Å². The first kappa shape index (κ1) is 9.54. The van der Waals surface area contributed by atoms with E-state index in [9.17, 15) is 0 Å². The summed E-state index contributed by atoms with van der Waals surface area (Å²) in [5.41, 5.74) is 2.13. The molecule has 0 bridgehead atoms. The van der Waals surface area contributed by atoms with E-state index in [0.717, 1.165) is 21.4 Å². The highest BCUT2D eigenvalue weighted by atomic mass is 79.9. The summed E-state index contributed by atoms with van der Waals surface area (Å²) in [5.74, 6) is 0. The lowest BCUT2D eigenvalue weighted by Gasteiger charge is -2.00. The van der Waals surface area contributed by atoms with Crippen molar-refractivity contribution in [2.45, 2.75) is 0 Å². The molecule has 4 heteroatoms. The summed E-state index contributed by atoms with van der Waals surface area (Å²) in [5, 5.41) is 2.32. The molecule has 3 nitrogen and oxygen atoms in total. The van der Waals surface area contributed by atoms with E-state index in [1.165, 1.54) is 5.39 Å². The Morgan fingerprint density at radius 1 is 1.06 bits per heavy atom. The Balaban J connectivity index is 2.18. The molecule has 3 rings (SSSR count). The van der Waals surface area contributed by atoms with Crippen LogP contribution in [0.15, 0.2) is 47.6 Å². The Bertz CT molecular complexity index is 645. The topological polar surface area (TPSA) is 41.6 Å². The molecule has 0 amide bonds. The molecule has 1 N–H and O–H groups in total. The number of rotatable bonds is 1. The second-order valence-electron chi connectivity index (χ2n) is 3.53. The third-order valence-corrected chi connectivity index (χ3v) is 2.90. The number of hydrogen-bond donors (Lipinski definition) is 1. The zero-order chi connectivity index (χ0) is 11.0. The van der Waals surface area contributed by atoms with Crippen molar-refractivity contribution in [3.63, 3.8) is 0 Å². The molecule has 0 aliphatic carbocycles. The number of pyridine rings is 1. The molecule has 0 saturated carbocycles. The SMILES string of the molecule is Brc1ncc(-c2ccc3cnccc3c2)[nH]1. The standard InChI is InChI=1S/C12H8BrN3/c13-12-15-7-11(16-12)9-1-2-10-6-14-4-3-8(10)5-9/h1-7H,(H,15,16). The average molecular weight is 274 g/mol. The number of halogens is 1. The maximum Gasteiger partial charge on any atom is 0.174 e. The molecule has 16 heavy (non-hydrogen) atoms. The van der Waals surface area contributed by atoms with Crippen LogP contribution in [-0.4, -0.2) is 15.0 Å². The molecule has 0 radical (unpaired) electrons. The monoisotopic (exact) mass is 273 g/mol. The number of fused-ring (bicyclic) bond motifs is 1. The number of imidazole rings is 1. The third-order valence-electron chi connectivity index (χ3n) is 2.50. The van der Waals surface area contributed by atoms with Gasteiger partial charge in [-0.15, -0.1) is 0 Å². The van der Waals surface area contributed by atoms with Crippen LogP contribution in [0.3, 0.4) is 0 Å². The first-order chi connectivity index (χ1) is 7.83. The van der Waals surface area contributed by atoms with Crippen LogP contribution in [-0.2, 0) is 0 Å². The van der Waals surface area contributed by atoms with Gasteiger partial charge in [-0.1, -0.05) is 12.1 Å². The fourth-order valence-corrected chi connectivity index (χ4v) is 2.01. The molecule has 0 aliphatic heterocycles. The lowest BCUT2D eigenvalue weighted by molar-refractivity contribution is 1.24. The summed E-state index contributed by atoms with van der Waals surface area (Å²) in [4.78, 5) is 11.4. The highest BCUT2D eigenvalue weighted by Crippen LogP contribution is 2.23. The van der Waals surface area contributed by atoms with Gasteiger partial charge in [0, 0.05) is 23.3 Å². The van der Waals surface area contributed by atoms with Crippen LogP contribution in [0.1, 0.15) is 0 Å². The van der Waals surface area contributed by atoms with Gasteiger partial charge in [0.25, 0.3) is 0 Å². The van der Waals surface area contributed by atoms with Crippen LogP contribution >= 0.6 is 15.9 Å². The maximum atomic E-state index is 4.12. The lowest BCUT2D eigenvalue weighted by atomic mass is 10.1. The van der Waals surface area contributed by atoms with Gasteiger partial charge in [-0.05, 0) is 33.4 Å². The fraction of sp³-hybridized carbons (Fsp3) is 0. The largest absolute Gasteiger partial charge is 0.333 e. The summed E-state index contributed by atoms with van der Waals surface area (Å²) in [7, 11) is 0. The molecule has 3 aromatic rings. The van der Waals surface area contributed by atoms with Crippen LogP contribution in [0, 0.1) is 0 Å². The number of hydrogen-bond acceptors (Lipinski definition) is 2. The Kier molecular flexibility index (Phi) is 2.22. The Morgan fingerprint density at radius 2 is 2.00 bits per heavy atom. The van der Waals surface area contributed by atoms with Gasteiger partial charge in [0.05, 0.1) is 11.9 Å². The Labute approximate surface area is 101 Å². The molecular formula is C12H8BrN3. The Hall–Kier alpha value is -1.68. The summed E-state index contributed by atoms with van der Waals surface area (Å²) in [6.07, 6.45) is 5.48. The van der Waals surface area contributed by atoms with E-state index in [-0.39, 0.29) is 0 Å². The second kappa shape index (κ2) is 3.72. The molecule has 0 aliphatic rings. The predicted molar refractivity (Wildman–Crippen MR) is 67.0 cm³/mol. The van der Waals surface area contributed by atoms with E-state index < -0.39 is 0 Å². The quantitative estimate of drug-likeness (QED) is 0.739. The van der Waals surface area contributed by atoms with Crippen molar-refractivity contribution >= 4 is 26.7 Å². The minimum absolute atomic E-state index is 0.748. The maximum absolute atomic E-state index is 4.12. The molecule has 0 fully saturated rings. The first-order valence-electron chi connectivity index (χ1n) is 4.87. The van der Waals surface area contributed by atoms with Gasteiger partial charge in [0.15, 0.2) is 4.73 Å². The number of aromatic nitrogens is 3. The van der Waals surface area contributed by atoms with E-state index in [2.05, 4.69) is 49.1 Å². The molecule has 0 unspecified atom stereocenters. The summed E-state index contributed by atoms with van der Waals surface area (Å²) < 4.78 is 0.748. The zero-order valence-corrected chi connectivity index (χ0v) is 9.90. The van der Waals surface area contributed by atoms with Crippen molar-refractivity contribution in [2.24, 2.45) is 0 Å². The van der Waals surface area contributed by atoms with Gasteiger partial charge in [-0.3, -0.25) is 4.98 Å². The minimum atomic E-state index is 0.748. The first-order valence-corrected chi connectivity index (χ1v) is 5.67. The number of aromatic amines is 1. The summed E-state index contributed by atoms with van der Waals surface area (Å²) in [6.45, 7) is 0. The molecule has 2 heterocycles. The van der Waals surface area contributed by atoms with E-state index in [1.54, 1.807) is 6.20 Å². The summed E-state index contributed by atoms with van der Waals surface area (Å²) in [6, 6.07) is 8.25. The molecule has 0 atom stereocenters. The van der Waals surface area contributed by atoms with E-state index in [4.69, 9.17) is 0 Å². The average Bonchev–Trinajstić information content (AvgIpc) is 2.75. The highest BCUT2D eigenvalue weighted by Gasteiger charge is 2.02. The van der Waals surface area contributed by atoms with Crippen LogP contribution in [0.25, 0.3) is 22.0 Å². The zero-order valence-electron chi connectivity index (χ0n) is 8.31. The van der Waals surface area contributed by atoms with Crippen molar-refractivity contribution < 1.29 is 0 Å². The van der Waals surface area contributed by atoms with Crippen molar-refractivity contribution in [2.75, 3.05) is 0 Å². The van der Waals surface area contributed by atoms with Gasteiger partial charge >= 0.3 is 0 Å². The third kappa shape index (κ3) is 1.61. The molecule has 1 aromatic carbocycles. The highest BCUT2D eigenvalue weighted by molar-refractivity contribution is 9.10. The van der Waals surface area contributed by atoms with Crippen LogP contribution in [0.5, 0.6) is 0 Å². The van der Waals surface area contributed by atoms with Crippen LogP contribution in [0.2, 0.25) is 0 Å².